The molecule has 1 aliphatic carbocycles. The lowest BCUT2D eigenvalue weighted by Gasteiger charge is -2.32. The average molecular weight is 476 g/mol. The lowest BCUT2D eigenvalue weighted by atomic mass is 9.92. The van der Waals surface area contributed by atoms with Gasteiger partial charge in [-0.05, 0) is 67.0 Å². The third-order valence-corrected chi connectivity index (χ3v) is 6.79. The monoisotopic (exact) mass is 475 g/mol. The average Bonchev–Trinajstić information content (AvgIpc) is 3.38. The number of rotatable bonds is 5. The van der Waals surface area contributed by atoms with E-state index in [0.29, 0.717) is 24.8 Å². The SMILES string of the molecule is CC.COC1(C#Cc2ccc(Cc3cc([C@H]4C[C@@H](O)C[C@@H](CO)O4)ccc3C#N)cc2)CCCC1. The number of ether oxygens (including phenoxy) is 2. The summed E-state index contributed by atoms with van der Waals surface area (Å²) in [6, 6.07) is 16.1. The first-order valence-corrected chi connectivity index (χ1v) is 12.7. The Morgan fingerprint density at radius 3 is 2.43 bits per heavy atom. The predicted octanol–water partition coefficient (Wildman–Crippen LogP) is 5.06. The summed E-state index contributed by atoms with van der Waals surface area (Å²) in [5, 5.41) is 29.2. The number of benzene rings is 2. The molecule has 2 aromatic carbocycles. The smallest absolute Gasteiger partial charge is 0.128 e. The van der Waals surface area contributed by atoms with E-state index in [1.807, 2.05) is 44.2 Å². The van der Waals surface area contributed by atoms with Crippen LogP contribution in [0.25, 0.3) is 0 Å². The maximum Gasteiger partial charge on any atom is 0.128 e. The molecule has 0 bridgehead atoms. The molecular formula is C30H37NO4. The van der Waals surface area contributed by atoms with Crippen LogP contribution in [-0.2, 0) is 15.9 Å². The first-order valence-electron chi connectivity index (χ1n) is 12.7. The fourth-order valence-corrected chi connectivity index (χ4v) is 4.83. The molecular weight excluding hydrogens is 438 g/mol. The van der Waals surface area contributed by atoms with Crippen LogP contribution in [0.2, 0.25) is 0 Å². The van der Waals surface area contributed by atoms with Gasteiger partial charge in [0, 0.05) is 25.5 Å². The second kappa shape index (κ2) is 12.9. The minimum Gasteiger partial charge on any atom is -0.394 e. The molecule has 2 fully saturated rings. The molecule has 1 saturated carbocycles. The minimum atomic E-state index is -0.505. The van der Waals surface area contributed by atoms with Gasteiger partial charge >= 0.3 is 0 Å². The van der Waals surface area contributed by atoms with E-state index in [9.17, 15) is 15.5 Å². The van der Waals surface area contributed by atoms with E-state index >= 15 is 0 Å². The summed E-state index contributed by atoms with van der Waals surface area (Å²) < 4.78 is 11.6. The zero-order valence-corrected chi connectivity index (χ0v) is 21.1. The van der Waals surface area contributed by atoms with Gasteiger partial charge in [0.1, 0.15) is 5.60 Å². The Balaban J connectivity index is 0.00000167. The zero-order valence-electron chi connectivity index (χ0n) is 21.1. The van der Waals surface area contributed by atoms with E-state index in [1.165, 1.54) is 0 Å². The van der Waals surface area contributed by atoms with Crippen LogP contribution in [0.3, 0.4) is 0 Å². The normalized spacial score (nSPS) is 22.8. The van der Waals surface area contributed by atoms with Gasteiger partial charge in [0.15, 0.2) is 0 Å². The molecule has 0 spiro atoms. The highest BCUT2D eigenvalue weighted by Crippen LogP contribution is 2.33. The van der Waals surface area contributed by atoms with Crippen LogP contribution in [0.1, 0.15) is 86.3 Å². The lowest BCUT2D eigenvalue weighted by Crippen LogP contribution is -2.33. The number of hydrogen-bond acceptors (Lipinski definition) is 5. The van der Waals surface area contributed by atoms with Crippen molar-refractivity contribution in [2.75, 3.05) is 13.7 Å². The number of methoxy groups -OCH3 is 1. The summed E-state index contributed by atoms with van der Waals surface area (Å²) in [6.45, 7) is 3.89. The van der Waals surface area contributed by atoms with Gasteiger partial charge in [-0.3, -0.25) is 0 Å². The van der Waals surface area contributed by atoms with Gasteiger partial charge in [-0.25, -0.2) is 0 Å². The fraction of sp³-hybridized carbons (Fsp3) is 0.500. The summed E-state index contributed by atoms with van der Waals surface area (Å²) >= 11 is 0. The van der Waals surface area contributed by atoms with Crippen LogP contribution < -0.4 is 0 Å². The molecule has 0 radical (unpaired) electrons. The number of hydrogen-bond donors (Lipinski definition) is 2. The molecule has 2 N–H and O–H groups in total. The molecule has 5 nitrogen and oxygen atoms in total. The van der Waals surface area contributed by atoms with Crippen LogP contribution >= 0.6 is 0 Å². The van der Waals surface area contributed by atoms with E-state index in [2.05, 4.69) is 30.0 Å². The topological polar surface area (TPSA) is 82.7 Å². The molecule has 0 unspecified atom stereocenters. The summed E-state index contributed by atoms with van der Waals surface area (Å²) in [7, 11) is 1.74. The number of nitrogens with zero attached hydrogens (tertiary/aromatic N) is 1. The first kappa shape index (κ1) is 26.9. The molecule has 3 atom stereocenters. The van der Waals surface area contributed by atoms with E-state index in [4.69, 9.17) is 9.47 Å². The molecule has 1 aliphatic heterocycles. The highest BCUT2D eigenvalue weighted by molar-refractivity contribution is 5.45. The molecule has 0 amide bonds. The predicted molar refractivity (Wildman–Crippen MR) is 137 cm³/mol. The van der Waals surface area contributed by atoms with Crippen molar-refractivity contribution in [3.8, 4) is 17.9 Å². The van der Waals surface area contributed by atoms with Gasteiger partial charge < -0.3 is 19.7 Å². The summed E-state index contributed by atoms with van der Waals surface area (Å²) in [4.78, 5) is 0. The van der Waals surface area contributed by atoms with Crippen molar-refractivity contribution in [3.05, 3.63) is 70.3 Å². The summed E-state index contributed by atoms with van der Waals surface area (Å²) in [5.41, 5.74) is 4.21. The van der Waals surface area contributed by atoms with Crippen LogP contribution in [0, 0.1) is 23.2 Å². The number of aliphatic hydroxyl groups excluding tert-OH is 2. The third kappa shape index (κ3) is 6.94. The second-order valence-electron chi connectivity index (χ2n) is 9.11. The van der Waals surface area contributed by atoms with Crippen LogP contribution in [-0.4, -0.2) is 41.7 Å². The van der Waals surface area contributed by atoms with Gasteiger partial charge in [0.05, 0.1) is 36.6 Å². The van der Waals surface area contributed by atoms with Crippen molar-refractivity contribution >= 4 is 0 Å². The summed E-state index contributed by atoms with van der Waals surface area (Å²) in [6.07, 6.45) is 4.67. The maximum absolute atomic E-state index is 10.2. The van der Waals surface area contributed by atoms with Gasteiger partial charge in [-0.15, -0.1) is 0 Å². The lowest BCUT2D eigenvalue weighted by molar-refractivity contribution is -0.113. The van der Waals surface area contributed by atoms with Crippen molar-refractivity contribution in [1.29, 1.82) is 5.26 Å². The molecule has 0 aromatic heterocycles. The Hall–Kier alpha value is -2.67. The third-order valence-electron chi connectivity index (χ3n) is 6.79. The Morgan fingerprint density at radius 1 is 1.09 bits per heavy atom. The maximum atomic E-state index is 10.2. The Labute approximate surface area is 209 Å². The molecule has 4 rings (SSSR count). The Kier molecular flexibility index (Phi) is 9.90. The second-order valence-corrected chi connectivity index (χ2v) is 9.11. The van der Waals surface area contributed by atoms with Crippen molar-refractivity contribution < 1.29 is 19.7 Å². The van der Waals surface area contributed by atoms with Crippen LogP contribution in [0.5, 0.6) is 0 Å². The van der Waals surface area contributed by atoms with E-state index < -0.39 is 6.10 Å². The van der Waals surface area contributed by atoms with Crippen molar-refractivity contribution in [2.45, 2.75) is 82.7 Å². The zero-order chi connectivity index (χ0) is 25.3. The standard InChI is InChI=1S/C28H31NO4.C2H6/c1-32-28(11-2-3-12-28)13-10-20-4-6-21(7-5-20)14-24-15-22(8-9-23(24)18-29)27-17-25(31)16-26(19-30)33-27;1-2/h4-9,15,25-27,30-31H,2-3,11-12,14,16-17,19H2,1H3;1-2H3/t25-,26-,27+;/m0./s1. The van der Waals surface area contributed by atoms with Crippen molar-refractivity contribution in [3.63, 3.8) is 0 Å². The van der Waals surface area contributed by atoms with Crippen molar-refractivity contribution in [1.82, 2.24) is 0 Å². The van der Waals surface area contributed by atoms with E-state index in [0.717, 1.165) is 47.9 Å². The number of aliphatic hydroxyl groups is 2. The van der Waals surface area contributed by atoms with Crippen LogP contribution in [0.15, 0.2) is 42.5 Å². The van der Waals surface area contributed by atoms with Gasteiger partial charge in [0.2, 0.25) is 0 Å². The first-order chi connectivity index (χ1) is 17.0. The molecule has 5 heteroatoms. The highest BCUT2D eigenvalue weighted by atomic mass is 16.5. The molecule has 1 saturated heterocycles. The number of nitriles is 1. The van der Waals surface area contributed by atoms with E-state index in [1.54, 1.807) is 7.11 Å². The van der Waals surface area contributed by atoms with Crippen molar-refractivity contribution in [2.24, 2.45) is 0 Å². The Morgan fingerprint density at radius 2 is 1.80 bits per heavy atom. The molecule has 35 heavy (non-hydrogen) atoms. The quantitative estimate of drug-likeness (QED) is 0.591. The molecule has 2 aliphatic rings. The minimum absolute atomic E-state index is 0.114. The summed E-state index contributed by atoms with van der Waals surface area (Å²) in [5.74, 6) is 6.61. The molecule has 1 heterocycles. The van der Waals surface area contributed by atoms with E-state index in [-0.39, 0.29) is 24.4 Å². The van der Waals surface area contributed by atoms with Gasteiger partial charge in [0.25, 0.3) is 0 Å². The van der Waals surface area contributed by atoms with Crippen LogP contribution in [0.4, 0.5) is 0 Å². The van der Waals surface area contributed by atoms with Gasteiger partial charge in [-0.2, -0.15) is 5.26 Å². The molecule has 186 valence electrons. The Bertz CT molecular complexity index is 1050. The molecule has 2 aromatic rings. The van der Waals surface area contributed by atoms with Gasteiger partial charge in [-0.1, -0.05) is 50.0 Å². The highest BCUT2D eigenvalue weighted by Gasteiger charge is 2.31. The largest absolute Gasteiger partial charge is 0.394 e. The fourth-order valence-electron chi connectivity index (χ4n) is 4.83.